The highest BCUT2D eigenvalue weighted by Gasteiger charge is 2.16. The van der Waals surface area contributed by atoms with E-state index in [0.29, 0.717) is 17.4 Å². The predicted octanol–water partition coefficient (Wildman–Crippen LogP) is 1.31. The van der Waals surface area contributed by atoms with Crippen molar-refractivity contribution >= 4 is 29.9 Å². The van der Waals surface area contributed by atoms with Crippen LogP contribution in [0.5, 0.6) is 0 Å². The average Bonchev–Trinajstić information content (AvgIpc) is 2.48. The Balaban J connectivity index is 0.00000242. The van der Waals surface area contributed by atoms with E-state index in [9.17, 15) is 4.79 Å². The van der Waals surface area contributed by atoms with E-state index in [1.807, 2.05) is 13.8 Å². The van der Waals surface area contributed by atoms with Gasteiger partial charge in [-0.25, -0.2) is 9.97 Å². The zero-order chi connectivity index (χ0) is 15.2. The molecule has 0 radical (unpaired) electrons. The van der Waals surface area contributed by atoms with Crippen LogP contribution in [0.2, 0.25) is 5.02 Å². The monoisotopic (exact) mass is 347 g/mol. The molecular weight excluding hydrogens is 325 g/mol. The minimum atomic E-state index is -0.237. The van der Waals surface area contributed by atoms with Crippen LogP contribution in [0, 0.1) is 0 Å². The number of carbonyl (C=O) groups is 1. The smallest absolute Gasteiger partial charge is 0.271 e. The zero-order valence-electron chi connectivity index (χ0n) is 12.9. The SMILES string of the molecule is CC(C)c1ncc(Cl)c(C(=O)NCCN2CCNCC2)n1.Cl. The van der Waals surface area contributed by atoms with Crippen LogP contribution in [0.1, 0.15) is 36.1 Å². The van der Waals surface area contributed by atoms with Gasteiger partial charge in [0.1, 0.15) is 11.5 Å². The lowest BCUT2D eigenvalue weighted by Crippen LogP contribution is -2.46. The third-order valence-electron chi connectivity index (χ3n) is 3.42. The molecular formula is C14H23Cl2N5O. The summed E-state index contributed by atoms with van der Waals surface area (Å²) < 4.78 is 0. The van der Waals surface area contributed by atoms with E-state index in [1.54, 1.807) is 0 Å². The largest absolute Gasteiger partial charge is 0.349 e. The van der Waals surface area contributed by atoms with Crippen molar-refractivity contribution in [1.29, 1.82) is 0 Å². The molecule has 2 heterocycles. The van der Waals surface area contributed by atoms with Gasteiger partial charge in [0.05, 0.1) is 11.2 Å². The summed E-state index contributed by atoms with van der Waals surface area (Å²) in [4.78, 5) is 22.9. The first-order valence-corrected chi connectivity index (χ1v) is 7.69. The summed E-state index contributed by atoms with van der Waals surface area (Å²) in [6.07, 6.45) is 1.50. The lowest BCUT2D eigenvalue weighted by molar-refractivity contribution is 0.0942. The Kier molecular flexibility index (Phi) is 8.03. The Morgan fingerprint density at radius 3 is 2.77 bits per heavy atom. The molecule has 8 heteroatoms. The molecule has 0 aliphatic carbocycles. The molecule has 0 unspecified atom stereocenters. The molecule has 1 fully saturated rings. The summed E-state index contributed by atoms with van der Waals surface area (Å²) in [6.45, 7) is 9.43. The molecule has 1 saturated heterocycles. The first-order valence-electron chi connectivity index (χ1n) is 7.31. The highest BCUT2D eigenvalue weighted by molar-refractivity contribution is 6.33. The van der Waals surface area contributed by atoms with E-state index in [0.717, 1.165) is 32.7 Å². The van der Waals surface area contributed by atoms with E-state index in [2.05, 4.69) is 25.5 Å². The molecule has 6 nitrogen and oxygen atoms in total. The first kappa shape index (κ1) is 19.1. The summed E-state index contributed by atoms with van der Waals surface area (Å²) >= 11 is 6.02. The normalized spacial score (nSPS) is 15.5. The minimum absolute atomic E-state index is 0. The summed E-state index contributed by atoms with van der Waals surface area (Å²) in [5.74, 6) is 0.556. The van der Waals surface area contributed by atoms with Crippen LogP contribution in [0.25, 0.3) is 0 Å². The summed E-state index contributed by atoms with van der Waals surface area (Å²) in [5, 5.41) is 6.47. The van der Waals surface area contributed by atoms with E-state index >= 15 is 0 Å². The lowest BCUT2D eigenvalue weighted by atomic mass is 10.2. The Morgan fingerprint density at radius 2 is 2.14 bits per heavy atom. The maximum absolute atomic E-state index is 12.2. The van der Waals surface area contributed by atoms with Gasteiger partial charge in [-0.05, 0) is 0 Å². The third kappa shape index (κ3) is 5.35. The molecule has 2 N–H and O–H groups in total. The van der Waals surface area contributed by atoms with Crippen LogP contribution in [0.15, 0.2) is 6.20 Å². The second-order valence-corrected chi connectivity index (χ2v) is 5.83. The summed E-state index contributed by atoms with van der Waals surface area (Å²) in [5.41, 5.74) is 0.260. The van der Waals surface area contributed by atoms with Crippen molar-refractivity contribution in [3.05, 3.63) is 22.7 Å². The number of amides is 1. The van der Waals surface area contributed by atoms with E-state index in [1.165, 1.54) is 6.20 Å². The van der Waals surface area contributed by atoms with Crippen LogP contribution >= 0.6 is 24.0 Å². The molecule has 0 aromatic carbocycles. The molecule has 0 spiro atoms. The van der Waals surface area contributed by atoms with Crippen molar-refractivity contribution in [2.45, 2.75) is 19.8 Å². The van der Waals surface area contributed by atoms with Gasteiger partial charge in [0.25, 0.3) is 5.91 Å². The number of halogens is 2. The Hall–Kier alpha value is -0.950. The maximum atomic E-state index is 12.2. The van der Waals surface area contributed by atoms with Crippen molar-refractivity contribution in [3.8, 4) is 0 Å². The standard InChI is InChI=1S/C14H22ClN5O.ClH/c1-10(2)13-18-9-11(15)12(19-13)14(21)17-5-8-20-6-3-16-4-7-20;/h9-10,16H,3-8H2,1-2H3,(H,17,21);1H. The van der Waals surface area contributed by atoms with Gasteiger partial charge >= 0.3 is 0 Å². The van der Waals surface area contributed by atoms with Crippen LogP contribution in [-0.2, 0) is 0 Å². The van der Waals surface area contributed by atoms with Crippen LogP contribution < -0.4 is 10.6 Å². The molecule has 0 bridgehead atoms. The second kappa shape index (κ2) is 9.25. The number of piperazine rings is 1. The molecule has 2 rings (SSSR count). The molecule has 124 valence electrons. The van der Waals surface area contributed by atoms with Gasteiger partial charge in [0.15, 0.2) is 0 Å². The number of hydrogen-bond acceptors (Lipinski definition) is 5. The molecule has 1 aliphatic rings. The van der Waals surface area contributed by atoms with Gasteiger partial charge in [-0.1, -0.05) is 25.4 Å². The Labute approximate surface area is 142 Å². The quantitative estimate of drug-likeness (QED) is 0.840. The zero-order valence-corrected chi connectivity index (χ0v) is 14.5. The second-order valence-electron chi connectivity index (χ2n) is 5.43. The fourth-order valence-corrected chi connectivity index (χ4v) is 2.34. The van der Waals surface area contributed by atoms with E-state index < -0.39 is 0 Å². The molecule has 0 atom stereocenters. The van der Waals surface area contributed by atoms with Gasteiger partial charge in [-0.15, -0.1) is 12.4 Å². The number of nitrogens with one attached hydrogen (secondary N) is 2. The minimum Gasteiger partial charge on any atom is -0.349 e. The number of carbonyl (C=O) groups excluding carboxylic acids is 1. The van der Waals surface area contributed by atoms with Gasteiger partial charge in [0.2, 0.25) is 0 Å². The van der Waals surface area contributed by atoms with Crippen molar-refractivity contribution in [3.63, 3.8) is 0 Å². The summed E-state index contributed by atoms with van der Waals surface area (Å²) in [7, 11) is 0. The average molecular weight is 348 g/mol. The van der Waals surface area contributed by atoms with Crippen molar-refractivity contribution in [2.75, 3.05) is 39.3 Å². The predicted molar refractivity (Wildman–Crippen MR) is 90.0 cm³/mol. The highest BCUT2D eigenvalue weighted by atomic mass is 35.5. The van der Waals surface area contributed by atoms with Gasteiger partial charge in [-0.3, -0.25) is 9.69 Å². The van der Waals surface area contributed by atoms with Crippen LogP contribution in [0.3, 0.4) is 0 Å². The van der Waals surface area contributed by atoms with Crippen molar-refractivity contribution < 1.29 is 4.79 Å². The molecule has 1 aliphatic heterocycles. The molecule has 1 aromatic heterocycles. The molecule has 22 heavy (non-hydrogen) atoms. The van der Waals surface area contributed by atoms with Gasteiger partial charge in [0, 0.05) is 45.2 Å². The van der Waals surface area contributed by atoms with Gasteiger partial charge in [-0.2, -0.15) is 0 Å². The number of rotatable bonds is 5. The summed E-state index contributed by atoms with van der Waals surface area (Å²) in [6, 6.07) is 0. The van der Waals surface area contributed by atoms with Crippen LogP contribution in [-0.4, -0.2) is 60.0 Å². The number of aromatic nitrogens is 2. The fourth-order valence-electron chi connectivity index (χ4n) is 2.16. The molecule has 1 amide bonds. The lowest BCUT2D eigenvalue weighted by Gasteiger charge is -2.27. The Morgan fingerprint density at radius 1 is 1.45 bits per heavy atom. The maximum Gasteiger partial charge on any atom is 0.271 e. The highest BCUT2D eigenvalue weighted by Crippen LogP contribution is 2.16. The topological polar surface area (TPSA) is 70.2 Å². The van der Waals surface area contributed by atoms with Crippen molar-refractivity contribution in [2.24, 2.45) is 0 Å². The van der Waals surface area contributed by atoms with Crippen molar-refractivity contribution in [1.82, 2.24) is 25.5 Å². The number of nitrogens with zero attached hydrogens (tertiary/aromatic N) is 3. The molecule has 0 saturated carbocycles. The van der Waals surface area contributed by atoms with Crippen LogP contribution in [0.4, 0.5) is 0 Å². The molecule has 1 aromatic rings. The third-order valence-corrected chi connectivity index (χ3v) is 3.69. The number of hydrogen-bond donors (Lipinski definition) is 2. The van der Waals surface area contributed by atoms with E-state index in [-0.39, 0.29) is 29.9 Å². The van der Waals surface area contributed by atoms with Gasteiger partial charge < -0.3 is 10.6 Å². The Bertz CT molecular complexity index is 492. The fraction of sp³-hybridized carbons (Fsp3) is 0.643. The van der Waals surface area contributed by atoms with E-state index in [4.69, 9.17) is 11.6 Å². The first-order chi connectivity index (χ1) is 10.1.